The fraction of sp³-hybridized carbons (Fsp3) is 0.182. The van der Waals surface area contributed by atoms with Gasteiger partial charge in [0.2, 0.25) is 5.69 Å². The largest absolute Gasteiger partial charge is 0.461 e. The summed E-state index contributed by atoms with van der Waals surface area (Å²) < 4.78 is 6.45. The van der Waals surface area contributed by atoms with Crippen LogP contribution in [0.15, 0.2) is 18.2 Å². The van der Waals surface area contributed by atoms with E-state index in [2.05, 4.69) is 10.3 Å². The van der Waals surface area contributed by atoms with Gasteiger partial charge in [-0.25, -0.2) is 14.7 Å². The quantitative estimate of drug-likeness (QED) is 0.516. The molecule has 0 atom stereocenters. The average molecular weight is 299 g/mol. The van der Waals surface area contributed by atoms with E-state index in [1.54, 1.807) is 25.1 Å². The van der Waals surface area contributed by atoms with Gasteiger partial charge in [-0.2, -0.15) is 0 Å². The van der Waals surface area contributed by atoms with Gasteiger partial charge in [-0.15, -0.1) is 5.10 Å². The molecule has 0 radical (unpaired) electrons. The van der Waals surface area contributed by atoms with E-state index in [9.17, 15) is 4.79 Å². The Bertz CT molecular complexity index is 680. The van der Waals surface area contributed by atoms with Crippen molar-refractivity contribution < 1.29 is 9.53 Å². The Kier molecular flexibility index (Phi) is 3.87. The molecule has 0 unspecified atom stereocenters. The highest BCUT2D eigenvalue weighted by Crippen LogP contribution is 2.22. The summed E-state index contributed by atoms with van der Waals surface area (Å²) in [5.41, 5.74) is 6.87. The topological polar surface area (TPSA) is 85.9 Å². The molecule has 1 aromatic heterocycles. The number of nitrogens with zero attached hydrogens (tertiary/aromatic N) is 2. The number of carbonyl (C=O) groups is 1. The van der Waals surface area contributed by atoms with Crippen LogP contribution in [-0.4, -0.2) is 27.6 Å². The first kappa shape index (κ1) is 13.6. The molecule has 0 spiro atoms. The molecule has 3 N–H and O–H groups in total. The van der Waals surface area contributed by atoms with Crippen LogP contribution in [0.2, 0.25) is 5.02 Å². The molecule has 0 amide bonds. The van der Waals surface area contributed by atoms with Gasteiger partial charge in [0, 0.05) is 5.02 Å². The predicted molar refractivity (Wildman–Crippen MR) is 74.1 cm³/mol. The van der Waals surface area contributed by atoms with Crippen LogP contribution < -0.4 is 5.73 Å². The Morgan fingerprint density at radius 1 is 1.63 bits per heavy atom. The molecule has 0 fully saturated rings. The van der Waals surface area contributed by atoms with E-state index in [1.165, 1.54) is 4.68 Å². The van der Waals surface area contributed by atoms with Gasteiger partial charge in [0.15, 0.2) is 4.64 Å². The zero-order valence-corrected chi connectivity index (χ0v) is 11.6. The number of nitrogen functional groups attached to an aromatic ring is 1. The molecule has 6 nitrogen and oxygen atoms in total. The number of nitrogens with one attached hydrogen (secondary N) is 1. The van der Waals surface area contributed by atoms with Crippen molar-refractivity contribution in [2.45, 2.75) is 6.92 Å². The number of halogens is 1. The number of anilines is 1. The summed E-state index contributed by atoms with van der Waals surface area (Å²) in [6.45, 7) is 1.95. The number of ether oxygens (including phenoxy) is 1. The van der Waals surface area contributed by atoms with Crippen LogP contribution in [0.3, 0.4) is 0 Å². The van der Waals surface area contributed by atoms with Gasteiger partial charge in [-0.3, -0.25) is 0 Å². The summed E-state index contributed by atoms with van der Waals surface area (Å²) in [5, 5.41) is 6.96. The molecule has 0 bridgehead atoms. The summed E-state index contributed by atoms with van der Waals surface area (Å²) in [6.07, 6.45) is 0. The molecule has 8 heteroatoms. The fourth-order valence-electron chi connectivity index (χ4n) is 1.51. The number of H-pyrrole nitrogens is 1. The third kappa shape index (κ3) is 2.61. The third-order valence-electron chi connectivity index (χ3n) is 2.37. The number of aromatic nitrogens is 3. The number of esters is 1. The van der Waals surface area contributed by atoms with E-state index in [0.717, 1.165) is 0 Å². The van der Waals surface area contributed by atoms with Gasteiger partial charge in [-0.1, -0.05) is 23.8 Å². The lowest BCUT2D eigenvalue weighted by atomic mass is 10.3. The normalized spacial score (nSPS) is 10.4. The molecule has 100 valence electrons. The molecular weight excluding hydrogens is 288 g/mol. The van der Waals surface area contributed by atoms with Crippen molar-refractivity contribution in [3.63, 3.8) is 0 Å². The van der Waals surface area contributed by atoms with Crippen LogP contribution in [0.5, 0.6) is 0 Å². The lowest BCUT2D eigenvalue weighted by Crippen LogP contribution is -2.06. The van der Waals surface area contributed by atoms with Crippen LogP contribution in [-0.2, 0) is 4.74 Å². The van der Waals surface area contributed by atoms with Gasteiger partial charge in [0.05, 0.1) is 18.0 Å². The molecule has 0 aliphatic heterocycles. The summed E-state index contributed by atoms with van der Waals surface area (Å²) in [5.74, 6) is -0.580. The highest BCUT2D eigenvalue weighted by molar-refractivity contribution is 7.71. The molecule has 19 heavy (non-hydrogen) atoms. The number of carbonyl (C=O) groups excluding carboxylic acids is 1. The van der Waals surface area contributed by atoms with Crippen molar-refractivity contribution >= 4 is 35.5 Å². The second-order valence-electron chi connectivity index (χ2n) is 3.62. The molecule has 2 rings (SSSR count). The maximum Gasteiger partial charge on any atom is 0.362 e. The molecule has 0 aliphatic rings. The van der Waals surface area contributed by atoms with Crippen LogP contribution in [0.1, 0.15) is 17.4 Å². The van der Waals surface area contributed by atoms with Crippen LogP contribution in [0.25, 0.3) is 5.69 Å². The number of hydrogen-bond acceptors (Lipinski definition) is 5. The number of hydrogen-bond donors (Lipinski definition) is 2. The smallest absolute Gasteiger partial charge is 0.362 e. The second-order valence-corrected chi connectivity index (χ2v) is 4.45. The predicted octanol–water partition coefficient (Wildman–Crippen LogP) is 2.34. The number of aromatic amines is 1. The summed E-state index contributed by atoms with van der Waals surface area (Å²) in [7, 11) is 0. The Hall–Kier alpha value is -1.86. The van der Waals surface area contributed by atoms with Crippen molar-refractivity contribution in [3.8, 4) is 5.69 Å². The molecule has 0 saturated heterocycles. The maximum atomic E-state index is 11.6. The van der Waals surface area contributed by atoms with Crippen molar-refractivity contribution in [2.24, 2.45) is 0 Å². The monoisotopic (exact) mass is 298 g/mol. The Morgan fingerprint density at radius 2 is 2.37 bits per heavy atom. The number of rotatable bonds is 3. The zero-order chi connectivity index (χ0) is 14.0. The fourth-order valence-corrected chi connectivity index (χ4v) is 1.94. The molecule has 2 aromatic rings. The molecule has 1 aromatic carbocycles. The molecular formula is C11H11ClN4O2S. The Labute approximate surface area is 119 Å². The molecule has 0 aliphatic carbocycles. The van der Waals surface area contributed by atoms with E-state index in [4.69, 9.17) is 34.3 Å². The van der Waals surface area contributed by atoms with E-state index >= 15 is 0 Å². The first-order valence-corrected chi connectivity index (χ1v) is 6.23. The SMILES string of the molecule is CCOC(=O)c1n[nH]n(-c2cc(Cl)ccc2N)c1=S. The van der Waals surface area contributed by atoms with Crippen LogP contribution in [0, 0.1) is 4.64 Å². The van der Waals surface area contributed by atoms with Crippen molar-refractivity contribution in [1.82, 2.24) is 15.0 Å². The minimum atomic E-state index is -0.580. The van der Waals surface area contributed by atoms with E-state index in [0.29, 0.717) is 16.4 Å². The second kappa shape index (κ2) is 5.41. The minimum Gasteiger partial charge on any atom is -0.461 e. The number of benzene rings is 1. The van der Waals surface area contributed by atoms with Crippen LogP contribution in [0.4, 0.5) is 5.69 Å². The summed E-state index contributed by atoms with van der Waals surface area (Å²) in [4.78, 5) is 11.6. The molecule has 1 heterocycles. The number of nitrogens with two attached hydrogens (primary N) is 1. The summed E-state index contributed by atoms with van der Waals surface area (Å²) >= 11 is 11.1. The van der Waals surface area contributed by atoms with E-state index < -0.39 is 5.97 Å². The van der Waals surface area contributed by atoms with Gasteiger partial charge < -0.3 is 10.5 Å². The van der Waals surface area contributed by atoms with Crippen molar-refractivity contribution in [3.05, 3.63) is 33.6 Å². The summed E-state index contributed by atoms with van der Waals surface area (Å²) in [6, 6.07) is 4.93. The minimum absolute atomic E-state index is 0.0382. The van der Waals surface area contributed by atoms with Crippen molar-refractivity contribution in [1.29, 1.82) is 0 Å². The van der Waals surface area contributed by atoms with Gasteiger partial charge in [0.1, 0.15) is 0 Å². The lowest BCUT2D eigenvalue weighted by molar-refractivity contribution is 0.0518. The van der Waals surface area contributed by atoms with Crippen molar-refractivity contribution in [2.75, 3.05) is 12.3 Å². The highest BCUT2D eigenvalue weighted by atomic mass is 35.5. The van der Waals surface area contributed by atoms with Gasteiger partial charge in [-0.05, 0) is 25.1 Å². The first-order valence-electron chi connectivity index (χ1n) is 5.44. The van der Waals surface area contributed by atoms with E-state index in [1.807, 2.05) is 0 Å². The Morgan fingerprint density at radius 3 is 3.05 bits per heavy atom. The van der Waals surface area contributed by atoms with Crippen LogP contribution >= 0.6 is 23.8 Å². The standard InChI is InChI=1S/C11H11ClN4O2S/c1-2-18-11(17)9-10(19)16(15-14-9)8-5-6(12)3-4-7(8)13/h3-5,15H,2,13H2,1H3. The third-order valence-corrected chi connectivity index (χ3v) is 2.98. The average Bonchev–Trinajstić information content (AvgIpc) is 2.74. The first-order chi connectivity index (χ1) is 9.04. The zero-order valence-electron chi connectivity index (χ0n) is 10.0. The lowest BCUT2D eigenvalue weighted by Gasteiger charge is -2.05. The van der Waals surface area contributed by atoms with Gasteiger partial charge in [0.25, 0.3) is 0 Å². The van der Waals surface area contributed by atoms with Gasteiger partial charge >= 0.3 is 5.97 Å². The Balaban J connectivity index is 2.51. The molecule has 0 saturated carbocycles. The van der Waals surface area contributed by atoms with E-state index in [-0.39, 0.29) is 16.9 Å². The highest BCUT2D eigenvalue weighted by Gasteiger charge is 2.16. The maximum absolute atomic E-state index is 11.6.